The molecular formula is C12H18N2OS. The van der Waals surface area contributed by atoms with Gasteiger partial charge in [-0.05, 0) is 38.0 Å². The lowest BCUT2D eigenvalue weighted by molar-refractivity contribution is -0.120. The van der Waals surface area contributed by atoms with E-state index in [4.69, 9.17) is 0 Å². The Balaban J connectivity index is 2.01. The van der Waals surface area contributed by atoms with Gasteiger partial charge in [-0.25, -0.2) is 0 Å². The van der Waals surface area contributed by atoms with Gasteiger partial charge in [0.05, 0.1) is 10.9 Å². The highest BCUT2D eigenvalue weighted by Crippen LogP contribution is 2.39. The van der Waals surface area contributed by atoms with Crippen molar-refractivity contribution in [1.29, 1.82) is 0 Å². The maximum absolute atomic E-state index is 12.2. The van der Waals surface area contributed by atoms with Crippen molar-refractivity contribution in [3.8, 4) is 0 Å². The predicted molar refractivity (Wildman–Crippen MR) is 66.7 cm³/mol. The van der Waals surface area contributed by atoms with Crippen molar-refractivity contribution in [3.63, 3.8) is 0 Å². The topological polar surface area (TPSA) is 34.9 Å². The van der Waals surface area contributed by atoms with Gasteiger partial charge < -0.3 is 0 Å². The molecule has 3 nitrogen and oxygen atoms in total. The van der Waals surface area contributed by atoms with Crippen LogP contribution >= 0.6 is 11.8 Å². The van der Waals surface area contributed by atoms with Gasteiger partial charge in [0.25, 0.3) is 0 Å². The zero-order chi connectivity index (χ0) is 11.6. The molecule has 0 spiro atoms. The fourth-order valence-electron chi connectivity index (χ4n) is 2.04. The van der Waals surface area contributed by atoms with Gasteiger partial charge in [0.15, 0.2) is 5.78 Å². The highest BCUT2D eigenvalue weighted by Gasteiger charge is 2.36. The van der Waals surface area contributed by atoms with Gasteiger partial charge in [-0.15, -0.1) is 11.8 Å². The third-order valence-electron chi connectivity index (χ3n) is 3.18. The van der Waals surface area contributed by atoms with Gasteiger partial charge in [0, 0.05) is 19.2 Å². The smallest absolute Gasteiger partial charge is 0.153 e. The van der Waals surface area contributed by atoms with Crippen LogP contribution < -0.4 is 0 Å². The van der Waals surface area contributed by atoms with E-state index in [9.17, 15) is 4.79 Å². The molecule has 1 aliphatic rings. The van der Waals surface area contributed by atoms with Crippen molar-refractivity contribution in [2.75, 3.05) is 5.75 Å². The summed E-state index contributed by atoms with van der Waals surface area (Å²) in [4.78, 5) is 12.2. The Morgan fingerprint density at radius 2 is 2.50 bits per heavy atom. The third kappa shape index (κ3) is 2.32. The van der Waals surface area contributed by atoms with Crippen LogP contribution in [0.1, 0.15) is 32.3 Å². The molecule has 2 heterocycles. The minimum atomic E-state index is -0.145. The normalized spacial score (nSPS) is 24.9. The Bertz CT molecular complexity index is 380. The average Bonchev–Trinajstić information content (AvgIpc) is 2.88. The number of nitrogens with zero attached hydrogens (tertiary/aromatic N) is 2. The molecule has 1 unspecified atom stereocenters. The van der Waals surface area contributed by atoms with E-state index in [1.807, 2.05) is 35.8 Å². The number of carbonyl (C=O) groups is 1. The molecule has 1 aliphatic heterocycles. The fourth-order valence-corrected chi connectivity index (χ4v) is 3.30. The molecule has 0 saturated carbocycles. The van der Waals surface area contributed by atoms with Gasteiger partial charge in [-0.3, -0.25) is 9.48 Å². The van der Waals surface area contributed by atoms with Crippen LogP contribution in [0.4, 0.5) is 0 Å². The second-order valence-corrected chi connectivity index (χ2v) is 6.09. The number of ketones is 1. The Morgan fingerprint density at radius 1 is 1.69 bits per heavy atom. The summed E-state index contributed by atoms with van der Waals surface area (Å²) in [5.41, 5.74) is 1.04. The van der Waals surface area contributed by atoms with Gasteiger partial charge in [0.1, 0.15) is 0 Å². The molecule has 1 atom stereocenters. The van der Waals surface area contributed by atoms with Crippen molar-refractivity contribution in [2.24, 2.45) is 0 Å². The quantitative estimate of drug-likeness (QED) is 0.807. The van der Waals surface area contributed by atoms with Crippen LogP contribution in [-0.2, 0) is 17.8 Å². The summed E-state index contributed by atoms with van der Waals surface area (Å²) in [5, 5.41) is 4.19. The van der Waals surface area contributed by atoms with Gasteiger partial charge in [-0.2, -0.15) is 5.10 Å². The van der Waals surface area contributed by atoms with E-state index in [0.717, 1.165) is 24.3 Å². The number of hydrogen-bond acceptors (Lipinski definition) is 3. The lowest BCUT2D eigenvalue weighted by Crippen LogP contribution is -2.30. The number of rotatable bonds is 4. The van der Waals surface area contributed by atoms with Gasteiger partial charge in [0.2, 0.25) is 0 Å². The molecule has 16 heavy (non-hydrogen) atoms. The molecule has 1 fully saturated rings. The lowest BCUT2D eigenvalue weighted by atomic mass is 9.96. The number of carbonyl (C=O) groups excluding carboxylic acids is 1. The number of hydrogen-bond donors (Lipinski definition) is 0. The third-order valence-corrected chi connectivity index (χ3v) is 4.75. The summed E-state index contributed by atoms with van der Waals surface area (Å²) >= 11 is 1.81. The number of aryl methyl sites for hydroxylation is 1. The average molecular weight is 238 g/mol. The molecule has 0 bridgehead atoms. The first kappa shape index (κ1) is 11.7. The molecule has 2 rings (SSSR count). The van der Waals surface area contributed by atoms with E-state index >= 15 is 0 Å². The Kier molecular flexibility index (Phi) is 3.38. The summed E-state index contributed by atoms with van der Waals surface area (Å²) in [7, 11) is 0. The monoisotopic (exact) mass is 238 g/mol. The Morgan fingerprint density at radius 3 is 3.06 bits per heavy atom. The van der Waals surface area contributed by atoms with Crippen molar-refractivity contribution < 1.29 is 4.79 Å². The molecule has 0 amide bonds. The highest BCUT2D eigenvalue weighted by atomic mass is 32.2. The Hall–Kier alpha value is -0.770. The first-order chi connectivity index (χ1) is 7.64. The molecule has 1 aromatic heterocycles. The first-order valence-electron chi connectivity index (χ1n) is 5.82. The summed E-state index contributed by atoms with van der Waals surface area (Å²) in [6.07, 6.45) is 6.51. The summed E-state index contributed by atoms with van der Waals surface area (Å²) in [6.45, 7) is 4.99. The van der Waals surface area contributed by atoms with Crippen LogP contribution in [0.3, 0.4) is 0 Å². The van der Waals surface area contributed by atoms with E-state index in [1.54, 1.807) is 0 Å². The second-order valence-electron chi connectivity index (χ2n) is 4.49. The second kappa shape index (κ2) is 4.62. The number of thioether (sulfide) groups is 1. The summed E-state index contributed by atoms with van der Waals surface area (Å²) in [6, 6.07) is 0. The van der Waals surface area contributed by atoms with Crippen LogP contribution in [0.2, 0.25) is 0 Å². The molecule has 0 N–H and O–H groups in total. The minimum absolute atomic E-state index is 0.145. The molecule has 1 aromatic rings. The minimum Gasteiger partial charge on any atom is -0.298 e. The van der Waals surface area contributed by atoms with Crippen molar-refractivity contribution in [2.45, 2.75) is 44.4 Å². The molecule has 88 valence electrons. The molecule has 0 aromatic carbocycles. The molecular weight excluding hydrogens is 220 g/mol. The van der Waals surface area contributed by atoms with E-state index < -0.39 is 0 Å². The fraction of sp³-hybridized carbons (Fsp3) is 0.667. The maximum atomic E-state index is 12.2. The largest absolute Gasteiger partial charge is 0.298 e. The molecule has 4 heteroatoms. The van der Waals surface area contributed by atoms with E-state index in [1.165, 1.54) is 6.42 Å². The zero-order valence-electron chi connectivity index (χ0n) is 9.90. The van der Waals surface area contributed by atoms with Crippen molar-refractivity contribution in [1.82, 2.24) is 9.78 Å². The Labute approximate surface area is 101 Å². The predicted octanol–water partition coefficient (Wildman–Crippen LogP) is 2.30. The van der Waals surface area contributed by atoms with Crippen LogP contribution in [-0.4, -0.2) is 26.1 Å². The lowest BCUT2D eigenvalue weighted by Gasteiger charge is -2.20. The highest BCUT2D eigenvalue weighted by molar-refractivity contribution is 8.01. The first-order valence-corrected chi connectivity index (χ1v) is 6.81. The van der Waals surface area contributed by atoms with Crippen LogP contribution in [0.15, 0.2) is 12.4 Å². The van der Waals surface area contributed by atoms with E-state index in [2.05, 4.69) is 12.0 Å². The van der Waals surface area contributed by atoms with Gasteiger partial charge >= 0.3 is 0 Å². The maximum Gasteiger partial charge on any atom is 0.153 e. The van der Waals surface area contributed by atoms with E-state index in [-0.39, 0.29) is 4.75 Å². The van der Waals surface area contributed by atoms with Crippen molar-refractivity contribution >= 4 is 17.5 Å². The van der Waals surface area contributed by atoms with E-state index in [0.29, 0.717) is 12.2 Å². The summed E-state index contributed by atoms with van der Waals surface area (Å²) in [5.74, 6) is 1.47. The number of Topliss-reactive ketones (excluding diaryl/α,β-unsaturated/α-hetero) is 1. The molecule has 0 radical (unpaired) electrons. The van der Waals surface area contributed by atoms with Crippen LogP contribution in [0.25, 0.3) is 0 Å². The zero-order valence-corrected chi connectivity index (χ0v) is 10.7. The van der Waals surface area contributed by atoms with Crippen LogP contribution in [0, 0.1) is 0 Å². The molecule has 0 aliphatic carbocycles. The number of aromatic nitrogens is 2. The van der Waals surface area contributed by atoms with Crippen molar-refractivity contribution in [3.05, 3.63) is 18.0 Å². The standard InChI is InChI=1S/C12H18N2OS/c1-3-14-9-10(8-13-14)7-11(15)12(2)5-4-6-16-12/h8-9H,3-7H2,1-2H3. The molecule has 1 saturated heterocycles. The summed E-state index contributed by atoms with van der Waals surface area (Å²) < 4.78 is 1.72. The van der Waals surface area contributed by atoms with Gasteiger partial charge in [-0.1, -0.05) is 0 Å². The van der Waals surface area contributed by atoms with Crippen LogP contribution in [0.5, 0.6) is 0 Å². The SMILES string of the molecule is CCn1cc(CC(=O)C2(C)CCCS2)cn1.